The second-order valence-corrected chi connectivity index (χ2v) is 3.98. The van der Waals surface area contributed by atoms with Crippen LogP contribution in [0.5, 0.6) is 0 Å². The van der Waals surface area contributed by atoms with Gasteiger partial charge in [-0.05, 0) is 13.0 Å². The summed E-state index contributed by atoms with van der Waals surface area (Å²) in [7, 11) is 0. The number of H-pyrrole nitrogens is 1. The number of carbonyl (C=O) groups excluding carboxylic acids is 1. The Bertz CT molecular complexity index is 441. The first-order valence-corrected chi connectivity index (χ1v) is 5.39. The van der Waals surface area contributed by atoms with Crippen molar-refractivity contribution >= 4 is 5.91 Å². The van der Waals surface area contributed by atoms with E-state index >= 15 is 0 Å². The van der Waals surface area contributed by atoms with Crippen molar-refractivity contribution in [2.24, 2.45) is 0 Å². The molecule has 0 unspecified atom stereocenters. The van der Waals surface area contributed by atoms with Crippen LogP contribution in [0.1, 0.15) is 17.4 Å². The molecule has 0 radical (unpaired) electrons. The molecule has 1 atom stereocenters. The van der Waals surface area contributed by atoms with E-state index in [1.54, 1.807) is 17.0 Å². The van der Waals surface area contributed by atoms with Gasteiger partial charge in [0.25, 0.3) is 5.91 Å². The first kappa shape index (κ1) is 10.9. The summed E-state index contributed by atoms with van der Waals surface area (Å²) in [6.07, 6.45) is 0. The Hall–Kier alpha value is -1.62. The molecule has 1 amide bonds. The van der Waals surface area contributed by atoms with Crippen LogP contribution in [0.2, 0.25) is 0 Å². The molecule has 1 saturated heterocycles. The summed E-state index contributed by atoms with van der Waals surface area (Å²) < 4.78 is 0. The van der Waals surface area contributed by atoms with E-state index < -0.39 is 0 Å². The lowest BCUT2D eigenvalue weighted by atomic mass is 10.2. The number of amides is 1. The molecule has 0 aromatic carbocycles. The van der Waals surface area contributed by atoms with Crippen LogP contribution in [0, 0.1) is 0 Å². The summed E-state index contributed by atoms with van der Waals surface area (Å²) in [6.45, 7) is 4.26. The van der Waals surface area contributed by atoms with Gasteiger partial charge >= 0.3 is 0 Å². The smallest absolute Gasteiger partial charge is 0.270 e. The number of pyridine rings is 1. The van der Waals surface area contributed by atoms with E-state index in [0.29, 0.717) is 12.2 Å². The van der Waals surface area contributed by atoms with Gasteiger partial charge in [-0.25, -0.2) is 0 Å². The summed E-state index contributed by atoms with van der Waals surface area (Å²) in [5.41, 5.74) is 0.120. The van der Waals surface area contributed by atoms with E-state index in [0.717, 1.165) is 13.1 Å². The minimum Gasteiger partial charge on any atom is -0.332 e. The number of hydrogen-bond acceptors (Lipinski definition) is 3. The minimum absolute atomic E-state index is 0.105. The highest BCUT2D eigenvalue weighted by Gasteiger charge is 2.24. The maximum absolute atomic E-state index is 12.1. The molecule has 0 saturated carbocycles. The van der Waals surface area contributed by atoms with Gasteiger partial charge in [0.15, 0.2) is 0 Å². The molecule has 5 heteroatoms. The monoisotopic (exact) mass is 221 g/mol. The van der Waals surface area contributed by atoms with Crippen LogP contribution >= 0.6 is 0 Å². The van der Waals surface area contributed by atoms with Crippen molar-refractivity contribution in [1.29, 1.82) is 0 Å². The van der Waals surface area contributed by atoms with Gasteiger partial charge in [0, 0.05) is 31.7 Å². The Kier molecular flexibility index (Phi) is 3.05. The van der Waals surface area contributed by atoms with Crippen LogP contribution in [-0.4, -0.2) is 41.5 Å². The number of piperazine rings is 1. The Balaban J connectivity index is 2.21. The Morgan fingerprint density at radius 1 is 1.50 bits per heavy atom. The van der Waals surface area contributed by atoms with Gasteiger partial charge in [-0.15, -0.1) is 0 Å². The molecule has 1 fully saturated rings. The maximum Gasteiger partial charge on any atom is 0.270 e. The van der Waals surface area contributed by atoms with Crippen molar-refractivity contribution in [1.82, 2.24) is 15.2 Å². The quantitative estimate of drug-likeness (QED) is 0.690. The largest absolute Gasteiger partial charge is 0.332 e. The van der Waals surface area contributed by atoms with E-state index in [1.807, 2.05) is 6.92 Å². The predicted octanol–water partition coefficient (Wildman–Crippen LogP) is -0.191. The third-order valence-corrected chi connectivity index (χ3v) is 2.76. The van der Waals surface area contributed by atoms with Crippen molar-refractivity contribution in [3.8, 4) is 0 Å². The molecule has 86 valence electrons. The Morgan fingerprint density at radius 2 is 2.31 bits per heavy atom. The molecule has 0 bridgehead atoms. The molecular formula is C11H15N3O2. The molecule has 16 heavy (non-hydrogen) atoms. The van der Waals surface area contributed by atoms with Crippen LogP contribution in [-0.2, 0) is 0 Å². The lowest BCUT2D eigenvalue weighted by Crippen LogP contribution is -2.52. The number of rotatable bonds is 1. The summed E-state index contributed by atoms with van der Waals surface area (Å²) in [5, 5.41) is 3.22. The average Bonchev–Trinajstić information content (AvgIpc) is 2.29. The molecule has 2 N–H and O–H groups in total. The van der Waals surface area contributed by atoms with Gasteiger partial charge in [0.05, 0.1) is 0 Å². The van der Waals surface area contributed by atoms with Gasteiger partial charge in [-0.2, -0.15) is 0 Å². The van der Waals surface area contributed by atoms with E-state index in [2.05, 4.69) is 10.3 Å². The molecule has 0 aliphatic carbocycles. The van der Waals surface area contributed by atoms with Gasteiger partial charge in [-0.3, -0.25) is 9.59 Å². The molecule has 1 aliphatic rings. The van der Waals surface area contributed by atoms with Crippen molar-refractivity contribution in [2.75, 3.05) is 19.6 Å². The normalized spacial score (nSPS) is 20.8. The first-order chi connectivity index (χ1) is 7.68. The van der Waals surface area contributed by atoms with Crippen molar-refractivity contribution in [3.05, 3.63) is 34.2 Å². The highest BCUT2D eigenvalue weighted by Crippen LogP contribution is 2.07. The second-order valence-electron chi connectivity index (χ2n) is 3.98. The number of aromatic nitrogens is 1. The van der Waals surface area contributed by atoms with E-state index in [-0.39, 0.29) is 17.5 Å². The van der Waals surface area contributed by atoms with Crippen LogP contribution in [0.15, 0.2) is 23.0 Å². The van der Waals surface area contributed by atoms with Crippen LogP contribution in [0.25, 0.3) is 0 Å². The number of nitrogens with one attached hydrogen (secondary N) is 2. The zero-order valence-corrected chi connectivity index (χ0v) is 9.19. The second kappa shape index (κ2) is 4.49. The number of aromatic amines is 1. The van der Waals surface area contributed by atoms with Gasteiger partial charge < -0.3 is 15.2 Å². The summed E-state index contributed by atoms with van der Waals surface area (Å²) in [5.74, 6) is -0.105. The van der Waals surface area contributed by atoms with Crippen molar-refractivity contribution < 1.29 is 4.79 Å². The SMILES string of the molecule is C[C@H]1CNCCN1C(=O)c1cccc(=O)[nH]1. The van der Waals surface area contributed by atoms with Crippen molar-refractivity contribution in [2.45, 2.75) is 13.0 Å². The molecular weight excluding hydrogens is 206 g/mol. The average molecular weight is 221 g/mol. The van der Waals surface area contributed by atoms with E-state index in [9.17, 15) is 9.59 Å². The molecule has 2 rings (SSSR count). The highest BCUT2D eigenvalue weighted by atomic mass is 16.2. The predicted molar refractivity (Wildman–Crippen MR) is 60.4 cm³/mol. The zero-order valence-electron chi connectivity index (χ0n) is 9.19. The molecule has 0 spiro atoms. The first-order valence-electron chi connectivity index (χ1n) is 5.39. The molecule has 1 aromatic rings. The van der Waals surface area contributed by atoms with Crippen molar-refractivity contribution in [3.63, 3.8) is 0 Å². The topological polar surface area (TPSA) is 65.2 Å². The summed E-state index contributed by atoms with van der Waals surface area (Å²) in [4.78, 5) is 27.5. The minimum atomic E-state index is -0.242. The third-order valence-electron chi connectivity index (χ3n) is 2.76. The van der Waals surface area contributed by atoms with Gasteiger partial charge in [0.2, 0.25) is 5.56 Å². The Morgan fingerprint density at radius 3 is 3.00 bits per heavy atom. The number of hydrogen-bond donors (Lipinski definition) is 2. The fourth-order valence-electron chi connectivity index (χ4n) is 1.87. The fourth-order valence-corrected chi connectivity index (χ4v) is 1.87. The van der Waals surface area contributed by atoms with Gasteiger partial charge in [-0.1, -0.05) is 6.07 Å². The highest BCUT2D eigenvalue weighted by molar-refractivity contribution is 5.92. The van der Waals surface area contributed by atoms with E-state index in [4.69, 9.17) is 0 Å². The number of carbonyl (C=O) groups is 1. The standard InChI is InChI=1S/C11H15N3O2/c1-8-7-12-5-6-14(8)11(16)9-3-2-4-10(15)13-9/h2-4,8,12H,5-7H2,1H3,(H,13,15)/t8-/m0/s1. The van der Waals surface area contributed by atoms with Gasteiger partial charge in [0.1, 0.15) is 5.69 Å². The van der Waals surface area contributed by atoms with Crippen LogP contribution in [0.3, 0.4) is 0 Å². The van der Waals surface area contributed by atoms with E-state index in [1.165, 1.54) is 6.07 Å². The van der Waals surface area contributed by atoms with Crippen LogP contribution < -0.4 is 10.9 Å². The molecule has 1 aliphatic heterocycles. The third kappa shape index (κ3) is 2.14. The fraction of sp³-hybridized carbons (Fsp3) is 0.455. The summed E-state index contributed by atoms with van der Waals surface area (Å²) >= 11 is 0. The Labute approximate surface area is 93.5 Å². The maximum atomic E-state index is 12.1. The lowest BCUT2D eigenvalue weighted by molar-refractivity contribution is 0.0649. The molecule has 5 nitrogen and oxygen atoms in total. The lowest BCUT2D eigenvalue weighted by Gasteiger charge is -2.33. The molecule has 1 aromatic heterocycles. The number of nitrogens with zero attached hydrogens (tertiary/aromatic N) is 1. The molecule has 2 heterocycles. The van der Waals surface area contributed by atoms with Crippen LogP contribution in [0.4, 0.5) is 0 Å². The summed E-state index contributed by atoms with van der Waals surface area (Å²) in [6, 6.07) is 4.79. The zero-order chi connectivity index (χ0) is 11.5.